The molecule has 0 heterocycles. The van der Waals surface area contributed by atoms with Gasteiger partial charge >= 0.3 is 13.8 Å². The molecule has 0 saturated heterocycles. The van der Waals surface area contributed by atoms with E-state index in [0.29, 0.717) is 6.61 Å². The maximum Gasteiger partial charge on any atom is 0.472 e. The van der Waals surface area contributed by atoms with Crippen LogP contribution in [0, 0.1) is 0 Å². The Morgan fingerprint density at radius 2 is 0.844 bits per heavy atom. The van der Waals surface area contributed by atoms with Crippen LogP contribution in [0.25, 0.3) is 0 Å². The number of hydrogen-bond acceptors (Lipinski definition) is 8. The maximum absolute atomic E-state index is 12.7. The van der Waals surface area contributed by atoms with Crippen LogP contribution >= 0.6 is 7.82 Å². The molecular formula is C54H99O9P. The molecule has 0 aliphatic heterocycles. The number of esters is 1. The molecule has 3 N–H and O–H groups in total. The highest BCUT2D eigenvalue weighted by molar-refractivity contribution is 7.47. The van der Waals surface area contributed by atoms with Gasteiger partial charge in [0.05, 0.1) is 26.4 Å². The summed E-state index contributed by atoms with van der Waals surface area (Å²) >= 11 is 0. The highest BCUT2D eigenvalue weighted by atomic mass is 31.2. The summed E-state index contributed by atoms with van der Waals surface area (Å²) in [6.45, 7) is 3.49. The molecule has 64 heavy (non-hydrogen) atoms. The maximum atomic E-state index is 12.7. The molecule has 0 aromatic carbocycles. The first-order valence-electron chi connectivity index (χ1n) is 26.3. The van der Waals surface area contributed by atoms with Gasteiger partial charge in [0.1, 0.15) is 12.2 Å². The predicted molar refractivity (Wildman–Crippen MR) is 270 cm³/mol. The summed E-state index contributed by atoms with van der Waals surface area (Å²) in [4.78, 5) is 22.7. The molecule has 374 valence electrons. The van der Waals surface area contributed by atoms with Gasteiger partial charge in [0.25, 0.3) is 0 Å². The number of phosphoric ester groups is 1. The first-order valence-corrected chi connectivity index (χ1v) is 27.8. The minimum absolute atomic E-state index is 0.0392. The number of aliphatic hydroxyl groups is 2. The number of hydrogen-bond donors (Lipinski definition) is 3. The third kappa shape index (κ3) is 49.6. The van der Waals surface area contributed by atoms with Gasteiger partial charge in [-0.1, -0.05) is 203 Å². The summed E-state index contributed by atoms with van der Waals surface area (Å²) < 4.78 is 33.5. The van der Waals surface area contributed by atoms with Crippen LogP contribution in [0.15, 0.2) is 60.8 Å². The number of carbonyl (C=O) groups excluding carboxylic acids is 1. The Morgan fingerprint density at radius 3 is 1.27 bits per heavy atom. The molecule has 3 atom stereocenters. The second-order valence-electron chi connectivity index (χ2n) is 17.5. The summed E-state index contributed by atoms with van der Waals surface area (Å²) in [7, 11) is -4.53. The number of carbonyl (C=O) groups is 1. The first-order chi connectivity index (χ1) is 31.3. The van der Waals surface area contributed by atoms with Gasteiger partial charge in [-0.15, -0.1) is 0 Å². The molecule has 0 aliphatic carbocycles. The van der Waals surface area contributed by atoms with Crippen molar-refractivity contribution >= 4 is 13.8 Å². The van der Waals surface area contributed by atoms with Crippen LogP contribution in [0.2, 0.25) is 0 Å². The van der Waals surface area contributed by atoms with E-state index >= 15 is 0 Å². The Bertz CT molecular complexity index is 1180. The van der Waals surface area contributed by atoms with Crippen molar-refractivity contribution in [1.82, 2.24) is 0 Å². The van der Waals surface area contributed by atoms with Crippen molar-refractivity contribution in [3.8, 4) is 0 Å². The lowest BCUT2D eigenvalue weighted by Crippen LogP contribution is -2.29. The Balaban J connectivity index is 4.11. The molecule has 0 aliphatic rings. The minimum Gasteiger partial charge on any atom is -0.457 e. The number of unbranched alkanes of at least 4 members (excludes halogenated alkanes) is 26. The monoisotopic (exact) mass is 923 g/mol. The summed E-state index contributed by atoms with van der Waals surface area (Å²) in [5.74, 6) is -0.390. The van der Waals surface area contributed by atoms with Crippen LogP contribution in [0.4, 0.5) is 0 Å². The van der Waals surface area contributed by atoms with Gasteiger partial charge in [0.2, 0.25) is 0 Å². The second-order valence-corrected chi connectivity index (χ2v) is 19.0. The fourth-order valence-electron chi connectivity index (χ4n) is 7.16. The smallest absolute Gasteiger partial charge is 0.457 e. The second kappa shape index (κ2) is 50.6. The Kier molecular flexibility index (Phi) is 49.1. The van der Waals surface area contributed by atoms with Gasteiger partial charge in [-0.25, -0.2) is 4.57 Å². The van der Waals surface area contributed by atoms with Crippen molar-refractivity contribution in [2.24, 2.45) is 0 Å². The number of allylic oxidation sites excluding steroid dienone is 10. The molecular weight excluding hydrogens is 824 g/mol. The number of aliphatic hydroxyl groups excluding tert-OH is 2. The average molecular weight is 923 g/mol. The highest BCUT2D eigenvalue weighted by Crippen LogP contribution is 2.43. The zero-order valence-electron chi connectivity index (χ0n) is 41.2. The SMILES string of the molecule is CCCCCCC/C=C\C/C=C\C/C=C\CCCCCCCCCOCC(COP(=O)(O)OCC(O)CO)OC(=O)CCCCCCCCCCC/C=C\C/C=C\CCCCCCC. The van der Waals surface area contributed by atoms with Crippen molar-refractivity contribution in [3.63, 3.8) is 0 Å². The first kappa shape index (κ1) is 62.2. The predicted octanol–water partition coefficient (Wildman–Crippen LogP) is 15.5. The molecule has 0 saturated carbocycles. The lowest BCUT2D eigenvalue weighted by Gasteiger charge is -2.20. The third-order valence-corrected chi connectivity index (χ3v) is 12.1. The summed E-state index contributed by atoms with van der Waals surface area (Å²) in [6, 6.07) is 0. The molecule has 9 nitrogen and oxygen atoms in total. The molecule has 3 unspecified atom stereocenters. The van der Waals surface area contributed by atoms with E-state index in [-0.39, 0.29) is 25.6 Å². The molecule has 0 spiro atoms. The molecule has 10 heteroatoms. The van der Waals surface area contributed by atoms with Crippen molar-refractivity contribution in [1.29, 1.82) is 0 Å². The van der Waals surface area contributed by atoms with Gasteiger partial charge in [-0.3, -0.25) is 13.8 Å². The largest absolute Gasteiger partial charge is 0.472 e. The van der Waals surface area contributed by atoms with Crippen LogP contribution in [-0.2, 0) is 27.9 Å². The summed E-state index contributed by atoms with van der Waals surface area (Å²) in [5, 5.41) is 18.4. The third-order valence-electron chi connectivity index (χ3n) is 11.2. The van der Waals surface area contributed by atoms with E-state index in [1.807, 2.05) is 0 Å². The van der Waals surface area contributed by atoms with E-state index < -0.39 is 33.2 Å². The summed E-state index contributed by atoms with van der Waals surface area (Å²) in [6.07, 6.45) is 60.4. The Morgan fingerprint density at radius 1 is 0.484 bits per heavy atom. The average Bonchev–Trinajstić information content (AvgIpc) is 3.29. The lowest BCUT2D eigenvalue weighted by atomic mass is 10.1. The highest BCUT2D eigenvalue weighted by Gasteiger charge is 2.26. The fraction of sp³-hybridized carbons (Fsp3) is 0.796. The zero-order chi connectivity index (χ0) is 46.7. The van der Waals surface area contributed by atoms with Crippen molar-refractivity contribution in [2.75, 3.05) is 33.0 Å². The van der Waals surface area contributed by atoms with Crippen LogP contribution in [0.1, 0.15) is 232 Å². The lowest BCUT2D eigenvalue weighted by molar-refractivity contribution is -0.154. The van der Waals surface area contributed by atoms with Crippen molar-refractivity contribution < 1.29 is 43.0 Å². The number of rotatable bonds is 50. The molecule has 0 amide bonds. The van der Waals surface area contributed by atoms with E-state index in [1.165, 1.54) is 135 Å². The van der Waals surface area contributed by atoms with E-state index in [0.717, 1.165) is 77.0 Å². The number of ether oxygens (including phenoxy) is 2. The van der Waals surface area contributed by atoms with E-state index in [2.05, 4.69) is 74.6 Å². The van der Waals surface area contributed by atoms with Crippen molar-refractivity contribution in [3.05, 3.63) is 60.8 Å². The van der Waals surface area contributed by atoms with Gasteiger partial charge in [-0.2, -0.15) is 0 Å². The van der Waals surface area contributed by atoms with Crippen LogP contribution < -0.4 is 0 Å². The molecule has 0 bridgehead atoms. The van der Waals surface area contributed by atoms with Crippen LogP contribution in [0.5, 0.6) is 0 Å². The zero-order valence-corrected chi connectivity index (χ0v) is 42.1. The molecule has 0 rings (SSSR count). The normalized spacial score (nSPS) is 14.3. The minimum atomic E-state index is -4.53. The molecule has 0 fully saturated rings. The van der Waals surface area contributed by atoms with Crippen molar-refractivity contribution in [2.45, 2.75) is 244 Å². The standard InChI is InChI=1S/C54H99O9P/c1-3-5-7-9-11-13-15-17-19-21-23-25-27-29-31-33-35-37-39-41-43-45-47-60-50-53(51-62-64(58,59)61-49-52(56)48-55)63-54(57)46-44-42-40-38-36-34-32-30-28-26-24-22-20-18-16-14-12-10-8-6-4-2/h15-18,21-24,27,29,52-53,55-56H,3-14,19-20,25-26,28,30-51H2,1-2H3,(H,58,59)/b17-15-,18-16-,23-21-,24-22-,29-27-. The Labute approximate surface area is 393 Å². The molecule has 0 aromatic heterocycles. The van der Waals surface area contributed by atoms with E-state index in [1.54, 1.807) is 0 Å². The van der Waals surface area contributed by atoms with Crippen LogP contribution in [-0.4, -0.2) is 66.3 Å². The van der Waals surface area contributed by atoms with E-state index in [9.17, 15) is 19.4 Å². The Hall–Kier alpha value is -1.84. The quantitative estimate of drug-likeness (QED) is 0.0236. The van der Waals surface area contributed by atoms with Gasteiger partial charge in [0, 0.05) is 13.0 Å². The number of phosphoric acid groups is 1. The van der Waals surface area contributed by atoms with Crippen LogP contribution in [0.3, 0.4) is 0 Å². The van der Waals surface area contributed by atoms with Gasteiger partial charge < -0.3 is 24.6 Å². The van der Waals surface area contributed by atoms with Gasteiger partial charge in [-0.05, 0) is 83.5 Å². The van der Waals surface area contributed by atoms with E-state index in [4.69, 9.17) is 23.6 Å². The van der Waals surface area contributed by atoms with Gasteiger partial charge in [0.15, 0.2) is 0 Å². The fourth-order valence-corrected chi connectivity index (χ4v) is 7.95. The molecule has 0 aromatic rings. The topological polar surface area (TPSA) is 132 Å². The summed E-state index contributed by atoms with van der Waals surface area (Å²) in [5.41, 5.74) is 0. The molecule has 0 radical (unpaired) electrons.